The van der Waals surface area contributed by atoms with Gasteiger partial charge < -0.3 is 19.5 Å². The molecule has 182 valence electrons. The molecule has 0 unspecified atom stereocenters. The number of benzene rings is 1. The van der Waals surface area contributed by atoms with E-state index in [-0.39, 0.29) is 43.6 Å². The van der Waals surface area contributed by atoms with Crippen LogP contribution in [0.1, 0.15) is 43.7 Å². The van der Waals surface area contributed by atoms with Gasteiger partial charge in [0.1, 0.15) is 18.2 Å². The number of aliphatic hydroxyl groups excluding tert-OH is 1. The van der Waals surface area contributed by atoms with Crippen molar-refractivity contribution < 1.29 is 23.8 Å². The maximum atomic E-state index is 13.6. The minimum atomic E-state index is -0.649. The molecule has 1 aromatic carbocycles. The van der Waals surface area contributed by atoms with Crippen molar-refractivity contribution in [2.24, 2.45) is 0 Å². The van der Waals surface area contributed by atoms with E-state index >= 15 is 0 Å². The topological polar surface area (TPSA) is 62.2 Å². The van der Waals surface area contributed by atoms with Crippen molar-refractivity contribution >= 4 is 17.2 Å². The van der Waals surface area contributed by atoms with Crippen LogP contribution in [-0.4, -0.2) is 72.4 Å². The SMILES string of the molecule is CCCN(CC(=O)N1CCc2sccc2[C@@H]1COc1cccc(F)c1)C[C@H](O)COC(C)C. The lowest BCUT2D eigenvalue weighted by molar-refractivity contribution is -0.136. The average molecular weight is 479 g/mol. The highest BCUT2D eigenvalue weighted by molar-refractivity contribution is 7.10. The fourth-order valence-electron chi connectivity index (χ4n) is 4.09. The number of fused-ring (bicyclic) bond motifs is 1. The van der Waals surface area contributed by atoms with Gasteiger partial charge >= 0.3 is 0 Å². The van der Waals surface area contributed by atoms with Crippen LogP contribution in [0.5, 0.6) is 5.75 Å². The summed E-state index contributed by atoms with van der Waals surface area (Å²) in [7, 11) is 0. The zero-order valence-electron chi connectivity index (χ0n) is 19.7. The Morgan fingerprint density at radius 2 is 2.18 bits per heavy atom. The van der Waals surface area contributed by atoms with Crippen molar-refractivity contribution in [1.82, 2.24) is 9.80 Å². The van der Waals surface area contributed by atoms with Gasteiger partial charge in [0.2, 0.25) is 5.91 Å². The summed E-state index contributed by atoms with van der Waals surface area (Å²) in [4.78, 5) is 18.5. The predicted octanol–water partition coefficient (Wildman–Crippen LogP) is 3.89. The van der Waals surface area contributed by atoms with Gasteiger partial charge in [-0.25, -0.2) is 4.39 Å². The molecular weight excluding hydrogens is 443 g/mol. The summed E-state index contributed by atoms with van der Waals surface area (Å²) >= 11 is 1.69. The number of nitrogens with zero attached hydrogens (tertiary/aromatic N) is 2. The molecule has 1 aliphatic heterocycles. The van der Waals surface area contributed by atoms with Crippen LogP contribution in [0, 0.1) is 5.82 Å². The molecule has 6 nitrogen and oxygen atoms in total. The first kappa shape index (κ1) is 25.6. The number of hydrogen-bond donors (Lipinski definition) is 1. The molecule has 0 aliphatic carbocycles. The Bertz CT molecular complexity index is 891. The zero-order valence-corrected chi connectivity index (χ0v) is 20.5. The molecule has 1 aromatic heterocycles. The van der Waals surface area contributed by atoms with E-state index in [4.69, 9.17) is 9.47 Å². The third-order valence-electron chi connectivity index (χ3n) is 5.61. The number of amides is 1. The Morgan fingerprint density at radius 1 is 1.36 bits per heavy atom. The third kappa shape index (κ3) is 7.50. The first-order chi connectivity index (χ1) is 15.9. The van der Waals surface area contributed by atoms with Crippen LogP contribution in [0.3, 0.4) is 0 Å². The van der Waals surface area contributed by atoms with Crippen LogP contribution in [0.4, 0.5) is 4.39 Å². The van der Waals surface area contributed by atoms with E-state index in [0.29, 0.717) is 25.4 Å². The Balaban J connectivity index is 1.67. The fourth-order valence-corrected chi connectivity index (χ4v) is 5.02. The van der Waals surface area contributed by atoms with E-state index in [9.17, 15) is 14.3 Å². The van der Waals surface area contributed by atoms with Crippen molar-refractivity contribution in [2.75, 3.05) is 39.4 Å². The number of carbonyl (C=O) groups is 1. The number of ether oxygens (including phenoxy) is 2. The molecule has 0 fully saturated rings. The minimum Gasteiger partial charge on any atom is -0.491 e. The molecule has 1 amide bonds. The lowest BCUT2D eigenvalue weighted by atomic mass is 10.0. The average Bonchev–Trinajstić information content (AvgIpc) is 3.25. The summed E-state index contributed by atoms with van der Waals surface area (Å²) < 4.78 is 25.0. The van der Waals surface area contributed by atoms with Crippen molar-refractivity contribution in [3.8, 4) is 5.75 Å². The largest absolute Gasteiger partial charge is 0.491 e. The molecule has 3 rings (SSSR count). The summed E-state index contributed by atoms with van der Waals surface area (Å²) in [6, 6.07) is 7.89. The van der Waals surface area contributed by atoms with Gasteiger partial charge in [-0.1, -0.05) is 13.0 Å². The number of rotatable bonds is 12. The lowest BCUT2D eigenvalue weighted by Crippen LogP contribution is -2.48. The van der Waals surface area contributed by atoms with Gasteiger partial charge in [0, 0.05) is 24.0 Å². The first-order valence-corrected chi connectivity index (χ1v) is 12.5. The normalized spacial score (nSPS) is 16.8. The smallest absolute Gasteiger partial charge is 0.237 e. The van der Waals surface area contributed by atoms with Crippen LogP contribution in [0.2, 0.25) is 0 Å². The quantitative estimate of drug-likeness (QED) is 0.502. The van der Waals surface area contributed by atoms with Gasteiger partial charge in [0.25, 0.3) is 0 Å². The lowest BCUT2D eigenvalue weighted by Gasteiger charge is -2.37. The highest BCUT2D eigenvalue weighted by atomic mass is 32.1. The van der Waals surface area contributed by atoms with Crippen LogP contribution in [-0.2, 0) is 16.0 Å². The fraction of sp³-hybridized carbons (Fsp3) is 0.560. The molecule has 1 aliphatic rings. The van der Waals surface area contributed by atoms with E-state index < -0.39 is 6.10 Å². The molecule has 33 heavy (non-hydrogen) atoms. The highest BCUT2D eigenvalue weighted by Gasteiger charge is 2.33. The molecular formula is C25H35FN2O4S. The maximum Gasteiger partial charge on any atom is 0.237 e. The first-order valence-electron chi connectivity index (χ1n) is 11.6. The molecule has 0 saturated carbocycles. The number of thiophene rings is 1. The maximum absolute atomic E-state index is 13.6. The molecule has 0 spiro atoms. The summed E-state index contributed by atoms with van der Waals surface area (Å²) in [6.07, 6.45) is 1.09. The Kier molecular flexibility index (Phi) is 9.67. The van der Waals surface area contributed by atoms with Crippen LogP contribution in [0.15, 0.2) is 35.7 Å². The second-order valence-electron chi connectivity index (χ2n) is 8.69. The summed E-state index contributed by atoms with van der Waals surface area (Å²) in [5.41, 5.74) is 1.10. The molecule has 2 heterocycles. The van der Waals surface area contributed by atoms with Crippen molar-refractivity contribution in [3.63, 3.8) is 0 Å². The molecule has 0 bridgehead atoms. The summed E-state index contributed by atoms with van der Waals surface area (Å²) in [6.45, 7) is 8.37. The molecule has 0 saturated heterocycles. The van der Waals surface area contributed by atoms with E-state index in [1.165, 1.54) is 17.0 Å². The van der Waals surface area contributed by atoms with Gasteiger partial charge in [-0.15, -0.1) is 11.3 Å². The second-order valence-corrected chi connectivity index (χ2v) is 9.69. The molecule has 8 heteroatoms. The Morgan fingerprint density at radius 3 is 2.91 bits per heavy atom. The van der Waals surface area contributed by atoms with Crippen molar-refractivity contribution in [3.05, 3.63) is 52.0 Å². The van der Waals surface area contributed by atoms with Gasteiger partial charge in [-0.05, 0) is 62.4 Å². The third-order valence-corrected chi connectivity index (χ3v) is 6.61. The van der Waals surface area contributed by atoms with Gasteiger partial charge in [0.15, 0.2) is 0 Å². The van der Waals surface area contributed by atoms with Gasteiger partial charge in [-0.2, -0.15) is 0 Å². The van der Waals surface area contributed by atoms with Crippen LogP contribution in [0.25, 0.3) is 0 Å². The number of carbonyl (C=O) groups excluding carboxylic acids is 1. The van der Waals surface area contributed by atoms with E-state index in [2.05, 4.69) is 13.0 Å². The van der Waals surface area contributed by atoms with Crippen molar-refractivity contribution in [2.45, 2.75) is 51.9 Å². The van der Waals surface area contributed by atoms with Crippen LogP contribution >= 0.6 is 11.3 Å². The van der Waals surface area contributed by atoms with E-state index in [1.807, 2.05) is 29.0 Å². The van der Waals surface area contributed by atoms with Gasteiger partial charge in [0.05, 0.1) is 31.4 Å². The van der Waals surface area contributed by atoms with Crippen LogP contribution < -0.4 is 4.74 Å². The molecule has 1 N–H and O–H groups in total. The Labute approximate surface area is 199 Å². The molecule has 2 aromatic rings. The number of halogens is 1. The number of hydrogen-bond acceptors (Lipinski definition) is 6. The standard InChI is InChI=1S/C25H35FN2O4S/c1-4-10-27(14-20(29)16-31-18(2)3)15-25(30)28-11-8-24-22(9-12-33-24)23(28)17-32-21-7-5-6-19(26)13-21/h5-7,9,12-13,18,20,23,29H,4,8,10-11,14-17H2,1-3H3/t20-,23-/m0/s1. The highest BCUT2D eigenvalue weighted by Crippen LogP contribution is 2.34. The summed E-state index contributed by atoms with van der Waals surface area (Å²) in [5, 5.41) is 12.4. The predicted molar refractivity (Wildman–Crippen MR) is 128 cm³/mol. The summed E-state index contributed by atoms with van der Waals surface area (Å²) in [5.74, 6) is 0.103. The zero-order chi connectivity index (χ0) is 23.8. The van der Waals surface area contributed by atoms with E-state index in [1.54, 1.807) is 23.5 Å². The van der Waals surface area contributed by atoms with Gasteiger partial charge in [-0.3, -0.25) is 9.69 Å². The number of aliphatic hydroxyl groups is 1. The van der Waals surface area contributed by atoms with E-state index in [0.717, 1.165) is 18.4 Å². The van der Waals surface area contributed by atoms with Crippen molar-refractivity contribution in [1.29, 1.82) is 0 Å². The second kappa shape index (κ2) is 12.5. The molecule has 2 atom stereocenters. The monoisotopic (exact) mass is 478 g/mol. The Hall–Kier alpha value is -2.00. The minimum absolute atomic E-state index is 0.00474. The molecule has 0 radical (unpaired) electrons.